The molecule has 1 N–H and O–H groups in total. The molecule has 1 aromatic carbocycles. The van der Waals surface area contributed by atoms with Crippen LogP contribution in [-0.4, -0.2) is 22.6 Å². The number of carbonyl (C=O) groups excluding carboxylic acids is 1. The molecule has 17 heavy (non-hydrogen) atoms. The maximum Gasteiger partial charge on any atom is 0.573 e. The summed E-state index contributed by atoms with van der Waals surface area (Å²) in [4.78, 5) is 11.5. The van der Waals surface area contributed by atoms with Gasteiger partial charge in [-0.1, -0.05) is 0 Å². The lowest BCUT2D eigenvalue weighted by atomic mass is 10.1. The topological polar surface area (TPSA) is 46.5 Å². The van der Waals surface area contributed by atoms with E-state index in [9.17, 15) is 18.0 Å². The van der Waals surface area contributed by atoms with Crippen LogP contribution in [0.2, 0.25) is 0 Å². The fraction of sp³-hybridized carbons (Fsp3) is 0.300. The molecule has 0 saturated carbocycles. The summed E-state index contributed by atoms with van der Waals surface area (Å²) in [5.41, 5.74) is -0.412. The van der Waals surface area contributed by atoms with Crippen LogP contribution in [0.3, 0.4) is 0 Å². The standard InChI is InChI=1S/C10H8ClF3O3/c1-5(11)9(16)7-4-6(15)2-3-8(7)17-10(12,13)14/h2-5,15H,1H3. The molecule has 94 valence electrons. The lowest BCUT2D eigenvalue weighted by Crippen LogP contribution is -2.20. The van der Waals surface area contributed by atoms with Crippen LogP contribution in [0.25, 0.3) is 0 Å². The van der Waals surface area contributed by atoms with E-state index in [0.717, 1.165) is 18.2 Å². The number of aromatic hydroxyl groups is 1. The third-order valence-electron chi connectivity index (χ3n) is 1.82. The Morgan fingerprint density at radius 2 is 2.06 bits per heavy atom. The minimum Gasteiger partial charge on any atom is -0.508 e. The van der Waals surface area contributed by atoms with E-state index in [4.69, 9.17) is 16.7 Å². The van der Waals surface area contributed by atoms with Gasteiger partial charge in [-0.25, -0.2) is 0 Å². The second-order valence-electron chi connectivity index (χ2n) is 3.21. The lowest BCUT2D eigenvalue weighted by Gasteiger charge is -2.13. The molecule has 0 fully saturated rings. The molecule has 1 aromatic rings. The molecule has 0 saturated heterocycles. The van der Waals surface area contributed by atoms with E-state index in [0.29, 0.717) is 0 Å². The summed E-state index contributed by atoms with van der Waals surface area (Å²) in [6.07, 6.45) is -4.92. The highest BCUT2D eigenvalue weighted by Crippen LogP contribution is 2.30. The van der Waals surface area contributed by atoms with Crippen LogP contribution in [0.5, 0.6) is 11.5 Å². The molecule has 0 aliphatic rings. The van der Waals surface area contributed by atoms with Gasteiger partial charge in [-0.2, -0.15) is 0 Å². The third kappa shape index (κ3) is 3.81. The van der Waals surface area contributed by atoms with Gasteiger partial charge >= 0.3 is 6.36 Å². The summed E-state index contributed by atoms with van der Waals surface area (Å²) < 4.78 is 39.8. The predicted molar refractivity (Wildman–Crippen MR) is 54.4 cm³/mol. The first-order valence-electron chi connectivity index (χ1n) is 4.48. The highest BCUT2D eigenvalue weighted by molar-refractivity contribution is 6.34. The zero-order chi connectivity index (χ0) is 13.2. The summed E-state index contributed by atoms with van der Waals surface area (Å²) in [6.45, 7) is 1.31. The number of alkyl halides is 4. The zero-order valence-corrected chi connectivity index (χ0v) is 9.34. The maximum atomic E-state index is 12.1. The molecular weight excluding hydrogens is 261 g/mol. The number of hydrogen-bond acceptors (Lipinski definition) is 3. The van der Waals surface area contributed by atoms with Crippen molar-refractivity contribution in [2.45, 2.75) is 18.7 Å². The second-order valence-corrected chi connectivity index (χ2v) is 3.86. The number of rotatable bonds is 3. The van der Waals surface area contributed by atoms with Crippen LogP contribution in [-0.2, 0) is 0 Å². The Kier molecular flexibility index (Phi) is 3.87. The van der Waals surface area contributed by atoms with E-state index < -0.39 is 28.8 Å². The highest BCUT2D eigenvalue weighted by Gasteiger charge is 2.33. The summed E-state index contributed by atoms with van der Waals surface area (Å²) in [7, 11) is 0. The fourth-order valence-electron chi connectivity index (χ4n) is 1.14. The monoisotopic (exact) mass is 268 g/mol. The van der Waals surface area contributed by atoms with E-state index in [1.165, 1.54) is 6.92 Å². The van der Waals surface area contributed by atoms with Gasteiger partial charge in [0.05, 0.1) is 10.9 Å². The van der Waals surface area contributed by atoms with Gasteiger partial charge in [0.1, 0.15) is 11.5 Å². The van der Waals surface area contributed by atoms with Gasteiger partial charge in [-0.3, -0.25) is 4.79 Å². The highest BCUT2D eigenvalue weighted by atomic mass is 35.5. The van der Waals surface area contributed by atoms with Crippen molar-refractivity contribution in [1.29, 1.82) is 0 Å². The Hall–Kier alpha value is -1.43. The quantitative estimate of drug-likeness (QED) is 0.677. The van der Waals surface area contributed by atoms with Crippen molar-refractivity contribution in [3.8, 4) is 11.5 Å². The van der Waals surface area contributed by atoms with Crippen molar-refractivity contribution in [2.75, 3.05) is 0 Å². The smallest absolute Gasteiger partial charge is 0.508 e. The second kappa shape index (κ2) is 4.83. The zero-order valence-electron chi connectivity index (χ0n) is 8.58. The Morgan fingerprint density at radius 3 is 2.53 bits per heavy atom. The molecule has 0 aliphatic heterocycles. The van der Waals surface area contributed by atoms with E-state index in [-0.39, 0.29) is 5.75 Å². The van der Waals surface area contributed by atoms with Gasteiger partial charge < -0.3 is 9.84 Å². The van der Waals surface area contributed by atoms with Gasteiger partial charge in [0.15, 0.2) is 5.78 Å². The number of carbonyl (C=O) groups is 1. The molecule has 0 heterocycles. The van der Waals surface area contributed by atoms with Crippen molar-refractivity contribution in [2.24, 2.45) is 0 Å². The van der Waals surface area contributed by atoms with Crippen LogP contribution in [0.15, 0.2) is 18.2 Å². The average molecular weight is 269 g/mol. The molecule has 0 spiro atoms. The predicted octanol–water partition coefficient (Wildman–Crippen LogP) is 3.10. The molecule has 0 aliphatic carbocycles. The molecule has 1 atom stereocenters. The van der Waals surface area contributed by atoms with Crippen molar-refractivity contribution >= 4 is 17.4 Å². The summed E-state index contributed by atoms with van der Waals surface area (Å²) in [5, 5.41) is 8.11. The van der Waals surface area contributed by atoms with Gasteiger partial charge in [0.25, 0.3) is 0 Å². The van der Waals surface area contributed by atoms with Crippen molar-refractivity contribution in [3.63, 3.8) is 0 Å². The molecule has 3 nitrogen and oxygen atoms in total. The molecule has 0 radical (unpaired) electrons. The molecule has 7 heteroatoms. The first-order chi connectivity index (χ1) is 7.70. The number of ketones is 1. The minimum absolute atomic E-state index is 0.347. The first-order valence-corrected chi connectivity index (χ1v) is 4.91. The number of hydrogen-bond donors (Lipinski definition) is 1. The summed E-state index contributed by atoms with van der Waals surface area (Å²) in [5.74, 6) is -1.80. The first kappa shape index (κ1) is 13.6. The van der Waals surface area contributed by atoms with E-state index in [1.54, 1.807) is 0 Å². The number of phenols is 1. The van der Waals surface area contributed by atoms with E-state index >= 15 is 0 Å². The van der Waals surface area contributed by atoms with E-state index in [1.807, 2.05) is 0 Å². The molecule has 1 rings (SSSR count). The average Bonchev–Trinajstić information content (AvgIpc) is 2.17. The SMILES string of the molecule is CC(Cl)C(=O)c1cc(O)ccc1OC(F)(F)F. The molecular formula is C10H8ClF3O3. The molecule has 1 unspecified atom stereocenters. The normalized spacial score (nSPS) is 13.2. The third-order valence-corrected chi connectivity index (χ3v) is 2.01. The minimum atomic E-state index is -4.92. The summed E-state index contributed by atoms with van der Waals surface area (Å²) >= 11 is 5.49. The Balaban J connectivity index is 3.17. The van der Waals surface area contributed by atoms with Crippen LogP contribution in [0.4, 0.5) is 13.2 Å². The van der Waals surface area contributed by atoms with Gasteiger partial charge in [-0.15, -0.1) is 24.8 Å². The largest absolute Gasteiger partial charge is 0.573 e. The lowest BCUT2D eigenvalue weighted by molar-refractivity contribution is -0.274. The Labute approximate surface area is 99.8 Å². The van der Waals surface area contributed by atoms with Gasteiger partial charge in [-0.05, 0) is 25.1 Å². The Morgan fingerprint density at radius 1 is 1.47 bits per heavy atom. The number of Topliss-reactive ketones (excluding diaryl/α,β-unsaturated/α-hetero) is 1. The maximum absolute atomic E-state index is 12.1. The van der Waals surface area contributed by atoms with Crippen molar-refractivity contribution in [1.82, 2.24) is 0 Å². The molecule has 0 amide bonds. The van der Waals surface area contributed by atoms with Crippen molar-refractivity contribution in [3.05, 3.63) is 23.8 Å². The van der Waals surface area contributed by atoms with E-state index in [2.05, 4.69) is 4.74 Å². The molecule has 0 aromatic heterocycles. The number of ether oxygens (including phenoxy) is 1. The number of phenolic OH excluding ortho intramolecular Hbond substituents is 1. The Bertz CT molecular complexity index is 429. The van der Waals surface area contributed by atoms with Crippen LogP contribution >= 0.6 is 11.6 Å². The van der Waals surface area contributed by atoms with Crippen molar-refractivity contribution < 1.29 is 27.8 Å². The van der Waals surface area contributed by atoms with Crippen LogP contribution in [0, 0.1) is 0 Å². The number of benzene rings is 1. The fourth-order valence-corrected chi connectivity index (χ4v) is 1.26. The van der Waals surface area contributed by atoms with Crippen LogP contribution in [0.1, 0.15) is 17.3 Å². The number of halogens is 4. The van der Waals surface area contributed by atoms with Crippen LogP contribution < -0.4 is 4.74 Å². The summed E-state index contributed by atoms with van der Waals surface area (Å²) in [6, 6.07) is 2.72. The molecule has 0 bridgehead atoms. The van der Waals surface area contributed by atoms with Gasteiger partial charge in [0, 0.05) is 0 Å². The van der Waals surface area contributed by atoms with Gasteiger partial charge in [0.2, 0.25) is 0 Å².